The van der Waals surface area contributed by atoms with Crippen molar-refractivity contribution in [2.24, 2.45) is 0 Å². The van der Waals surface area contributed by atoms with Crippen LogP contribution in [-0.4, -0.2) is 46.8 Å². The maximum Gasteiger partial charge on any atom is 0.335 e. The average Bonchev–Trinajstić information content (AvgIpc) is 3.04. The number of halogens is 2. The molecular formula is C35H34ClFN2O6S. The molecule has 240 valence electrons. The summed E-state index contributed by atoms with van der Waals surface area (Å²) in [7, 11) is -0.587. The van der Waals surface area contributed by atoms with Crippen LogP contribution in [0, 0.1) is 12.7 Å². The molecule has 46 heavy (non-hydrogen) atoms. The van der Waals surface area contributed by atoms with Gasteiger partial charge in [-0.25, -0.2) is 17.6 Å². The van der Waals surface area contributed by atoms with Crippen molar-refractivity contribution < 1.29 is 32.2 Å². The van der Waals surface area contributed by atoms with E-state index in [0.717, 1.165) is 16.8 Å². The molecule has 1 aliphatic heterocycles. The minimum atomic E-state index is -3.86. The lowest BCUT2D eigenvalue weighted by molar-refractivity contribution is 0.0697. The maximum atomic E-state index is 14.3. The third-order valence-corrected chi connectivity index (χ3v) is 9.42. The van der Waals surface area contributed by atoms with E-state index in [1.807, 2.05) is 6.92 Å². The third-order valence-electron chi connectivity index (χ3n) is 7.29. The molecule has 0 radical (unpaired) electrons. The van der Waals surface area contributed by atoms with E-state index in [9.17, 15) is 17.6 Å². The first-order valence-corrected chi connectivity index (χ1v) is 16.0. The summed E-state index contributed by atoms with van der Waals surface area (Å²) in [5, 5.41) is 11.8. The van der Waals surface area contributed by atoms with Gasteiger partial charge in [-0.1, -0.05) is 54.6 Å². The number of carboxylic acid groups (broad SMARTS) is 1. The van der Waals surface area contributed by atoms with Crippen LogP contribution in [0.15, 0.2) is 90.3 Å². The summed E-state index contributed by atoms with van der Waals surface area (Å²) in [4.78, 5) is 10.6. The molecule has 0 unspecified atom stereocenters. The van der Waals surface area contributed by atoms with Crippen molar-refractivity contribution in [1.29, 1.82) is 0 Å². The van der Waals surface area contributed by atoms with Crippen LogP contribution in [0.4, 0.5) is 10.1 Å². The van der Waals surface area contributed by atoms with Crippen molar-refractivity contribution in [2.45, 2.75) is 18.7 Å². The minimum absolute atomic E-state index is 0.132. The SMILES string of the molecule is C=C(NC)c1ccc(C(=O)O)cc1.COc1cc(S(=O)(=O)N2CCOc3ccc(/C=C(\C)c4c(F)cccc4Cl)cc32)ccc1C. The molecule has 11 heteroatoms. The lowest BCUT2D eigenvalue weighted by atomic mass is 10.0. The van der Waals surface area contributed by atoms with Gasteiger partial charge in [0.15, 0.2) is 0 Å². The number of fused-ring (bicyclic) bond motifs is 1. The van der Waals surface area contributed by atoms with E-state index >= 15 is 0 Å². The van der Waals surface area contributed by atoms with Gasteiger partial charge in [-0.15, -0.1) is 0 Å². The van der Waals surface area contributed by atoms with Crippen molar-refractivity contribution in [2.75, 3.05) is 31.6 Å². The van der Waals surface area contributed by atoms with Crippen LogP contribution in [-0.2, 0) is 10.0 Å². The Balaban J connectivity index is 0.000000310. The monoisotopic (exact) mass is 664 g/mol. The molecule has 0 spiro atoms. The Hall–Kier alpha value is -4.80. The topological polar surface area (TPSA) is 105 Å². The third kappa shape index (κ3) is 7.52. The molecule has 5 rings (SSSR count). The van der Waals surface area contributed by atoms with Crippen molar-refractivity contribution >= 4 is 50.6 Å². The molecule has 4 aromatic rings. The largest absolute Gasteiger partial charge is 0.496 e. The second-order valence-electron chi connectivity index (χ2n) is 10.3. The molecule has 2 N–H and O–H groups in total. The second kappa shape index (κ2) is 14.5. The fraction of sp³-hybridized carbons (Fsp3) is 0.171. The standard InChI is InChI=1S/C25H23ClFNO4S.C10H11NO2/c1-16-7-9-19(15-24(16)31-3)33(29,30)28-11-12-32-23-10-8-18(14-22(23)28)13-17(2)25-20(26)5-4-6-21(25)27;1-7(11-2)8-3-5-9(6-4-8)10(12)13/h4-10,13-15H,11-12H2,1-3H3;3-6,11H,1H2,2H3,(H,12,13)/b17-13+;. The van der Waals surface area contributed by atoms with E-state index in [2.05, 4.69) is 11.9 Å². The zero-order chi connectivity index (χ0) is 33.6. The van der Waals surface area contributed by atoms with Crippen LogP contribution in [0.5, 0.6) is 11.5 Å². The fourth-order valence-electron chi connectivity index (χ4n) is 4.79. The first kappa shape index (κ1) is 34.1. The summed E-state index contributed by atoms with van der Waals surface area (Å²) >= 11 is 6.19. The smallest absolute Gasteiger partial charge is 0.335 e. The molecule has 4 aromatic carbocycles. The van der Waals surface area contributed by atoms with E-state index in [-0.39, 0.29) is 23.6 Å². The van der Waals surface area contributed by atoms with Crippen molar-refractivity contribution in [1.82, 2.24) is 5.32 Å². The Labute approximate surface area is 273 Å². The second-order valence-corrected chi connectivity index (χ2v) is 12.6. The highest BCUT2D eigenvalue weighted by Crippen LogP contribution is 2.38. The van der Waals surface area contributed by atoms with Gasteiger partial charge in [0.2, 0.25) is 0 Å². The van der Waals surface area contributed by atoms with E-state index in [1.54, 1.807) is 86.8 Å². The average molecular weight is 665 g/mol. The number of benzene rings is 4. The van der Waals surface area contributed by atoms with Crippen LogP contribution in [0.1, 0.15) is 39.5 Å². The van der Waals surface area contributed by atoms with Crippen LogP contribution >= 0.6 is 11.6 Å². The molecule has 1 heterocycles. The molecule has 0 saturated carbocycles. The van der Waals surface area contributed by atoms with Crippen LogP contribution < -0.4 is 19.1 Å². The number of carboxylic acids is 1. The summed E-state index contributed by atoms with van der Waals surface area (Å²) in [6, 6.07) is 21.1. The summed E-state index contributed by atoms with van der Waals surface area (Å²) in [5.41, 5.74) is 4.84. The lowest BCUT2D eigenvalue weighted by Crippen LogP contribution is -2.38. The van der Waals surface area contributed by atoms with E-state index < -0.39 is 21.8 Å². The number of nitrogens with one attached hydrogen (secondary N) is 1. The first-order valence-electron chi connectivity index (χ1n) is 14.1. The highest BCUT2D eigenvalue weighted by molar-refractivity contribution is 7.92. The van der Waals surface area contributed by atoms with Gasteiger partial charge in [0.05, 0.1) is 34.8 Å². The number of rotatable bonds is 8. The number of methoxy groups -OCH3 is 1. The van der Waals surface area contributed by atoms with Crippen molar-refractivity contribution in [3.05, 3.63) is 124 Å². The highest BCUT2D eigenvalue weighted by Gasteiger charge is 2.31. The van der Waals surface area contributed by atoms with E-state index in [0.29, 0.717) is 38.9 Å². The number of allylic oxidation sites excluding steroid dienone is 1. The van der Waals surface area contributed by atoms with Crippen molar-refractivity contribution in [3.63, 3.8) is 0 Å². The number of ether oxygens (including phenoxy) is 2. The molecule has 0 amide bonds. The Morgan fingerprint density at radius 1 is 1.09 bits per heavy atom. The number of aromatic carboxylic acids is 1. The van der Waals surface area contributed by atoms with Crippen LogP contribution in [0.3, 0.4) is 0 Å². The zero-order valence-corrected chi connectivity index (χ0v) is 27.4. The van der Waals surface area contributed by atoms with Gasteiger partial charge in [-0.05, 0) is 78.6 Å². The zero-order valence-electron chi connectivity index (χ0n) is 25.8. The predicted molar refractivity (Wildman–Crippen MR) is 181 cm³/mol. The molecular weight excluding hydrogens is 631 g/mol. The fourth-order valence-corrected chi connectivity index (χ4v) is 6.57. The molecule has 0 aliphatic carbocycles. The Kier molecular flexibility index (Phi) is 10.8. The quantitative estimate of drug-likeness (QED) is 0.188. The van der Waals surface area contributed by atoms with Gasteiger partial charge < -0.3 is 19.9 Å². The normalized spacial score (nSPS) is 12.7. The first-order chi connectivity index (χ1) is 21.9. The predicted octanol–water partition coefficient (Wildman–Crippen LogP) is 7.52. The molecule has 0 saturated heterocycles. The van der Waals surface area contributed by atoms with Crippen LogP contribution in [0.25, 0.3) is 17.3 Å². The number of carbonyl (C=O) groups is 1. The molecule has 8 nitrogen and oxygen atoms in total. The van der Waals surface area contributed by atoms with E-state index in [4.69, 9.17) is 26.2 Å². The van der Waals surface area contributed by atoms with Gasteiger partial charge in [0.25, 0.3) is 10.0 Å². The number of nitrogens with zero attached hydrogens (tertiary/aromatic N) is 1. The van der Waals surface area contributed by atoms with Gasteiger partial charge in [-0.2, -0.15) is 0 Å². The Morgan fingerprint density at radius 3 is 2.41 bits per heavy atom. The maximum absolute atomic E-state index is 14.3. The summed E-state index contributed by atoms with van der Waals surface area (Å²) in [5.74, 6) is -0.377. The number of sulfonamides is 1. The van der Waals surface area contributed by atoms with Crippen LogP contribution in [0.2, 0.25) is 5.02 Å². The lowest BCUT2D eigenvalue weighted by Gasteiger charge is -2.31. The summed E-state index contributed by atoms with van der Waals surface area (Å²) in [6.07, 6.45) is 1.76. The van der Waals surface area contributed by atoms with E-state index in [1.165, 1.54) is 23.5 Å². The number of hydrogen-bond donors (Lipinski definition) is 2. The van der Waals surface area contributed by atoms with Gasteiger partial charge in [0.1, 0.15) is 23.9 Å². The Morgan fingerprint density at radius 2 is 1.78 bits per heavy atom. The molecule has 0 bridgehead atoms. The molecule has 0 atom stereocenters. The number of aryl methyl sites for hydroxylation is 1. The molecule has 0 aromatic heterocycles. The summed E-state index contributed by atoms with van der Waals surface area (Å²) in [6.45, 7) is 7.76. The van der Waals surface area contributed by atoms with Crippen molar-refractivity contribution in [3.8, 4) is 11.5 Å². The van der Waals surface area contributed by atoms with Gasteiger partial charge in [-0.3, -0.25) is 4.31 Å². The molecule has 0 fully saturated rings. The van der Waals surface area contributed by atoms with Gasteiger partial charge >= 0.3 is 5.97 Å². The van der Waals surface area contributed by atoms with Gasteiger partial charge in [0, 0.05) is 24.4 Å². The number of hydrogen-bond acceptors (Lipinski definition) is 6. The Bertz CT molecular complexity index is 1890. The summed E-state index contributed by atoms with van der Waals surface area (Å²) < 4.78 is 53.7. The minimum Gasteiger partial charge on any atom is -0.496 e. The highest BCUT2D eigenvalue weighted by atomic mass is 35.5. The number of anilines is 1. The molecule has 1 aliphatic rings.